The van der Waals surface area contributed by atoms with Crippen molar-refractivity contribution in [2.24, 2.45) is 0 Å². The molecule has 0 aliphatic carbocycles. The molecule has 3 nitrogen and oxygen atoms in total. The molecule has 0 spiro atoms. The van der Waals surface area contributed by atoms with Gasteiger partial charge < -0.3 is 10.3 Å². The predicted octanol–water partition coefficient (Wildman–Crippen LogP) is 4.56. The summed E-state index contributed by atoms with van der Waals surface area (Å²) < 4.78 is 14.2. The highest BCUT2D eigenvalue weighted by Gasteiger charge is 2.14. The van der Waals surface area contributed by atoms with Gasteiger partial charge in [0.15, 0.2) is 0 Å². The molecule has 22 heavy (non-hydrogen) atoms. The molecular formula is C17H14BrFN2O. The number of rotatable bonds is 3. The number of H-pyrrole nitrogens is 1. The predicted molar refractivity (Wildman–Crippen MR) is 88.3 cm³/mol. The minimum atomic E-state index is -0.311. The average molecular weight is 361 g/mol. The fourth-order valence-electron chi connectivity index (χ4n) is 2.36. The topological polar surface area (TPSA) is 44.9 Å². The first-order valence-corrected chi connectivity index (χ1v) is 7.67. The van der Waals surface area contributed by atoms with Crippen molar-refractivity contribution >= 4 is 32.7 Å². The molecule has 0 aliphatic heterocycles. The van der Waals surface area contributed by atoms with Crippen LogP contribution in [0.3, 0.4) is 0 Å². The van der Waals surface area contributed by atoms with Crippen LogP contribution in [-0.2, 0) is 0 Å². The third kappa shape index (κ3) is 3.04. The molecule has 3 aromatic rings. The number of aromatic amines is 1. The van der Waals surface area contributed by atoms with Gasteiger partial charge in [0.1, 0.15) is 11.5 Å². The van der Waals surface area contributed by atoms with Crippen LogP contribution in [0, 0.1) is 5.82 Å². The summed E-state index contributed by atoms with van der Waals surface area (Å²) in [5.41, 5.74) is 2.11. The molecule has 2 N–H and O–H groups in total. The van der Waals surface area contributed by atoms with Gasteiger partial charge >= 0.3 is 0 Å². The SMILES string of the molecule is C[C@@H](NC(=O)c1cc2cc(Br)ccc2[nH]1)c1cccc(F)c1. The maximum atomic E-state index is 13.2. The first-order chi connectivity index (χ1) is 10.5. The number of nitrogens with one attached hydrogen (secondary N) is 2. The third-order valence-electron chi connectivity index (χ3n) is 3.52. The molecule has 0 fully saturated rings. The Morgan fingerprint density at radius 3 is 2.82 bits per heavy atom. The molecule has 3 rings (SSSR count). The standard InChI is InChI=1S/C17H14BrFN2O/c1-10(11-3-2-4-14(19)8-11)20-17(22)16-9-12-7-13(18)5-6-15(12)21-16/h2-10,21H,1H3,(H,20,22)/t10-/m1/s1. The molecule has 5 heteroatoms. The molecule has 0 unspecified atom stereocenters. The number of fused-ring (bicyclic) bond motifs is 1. The lowest BCUT2D eigenvalue weighted by atomic mass is 10.1. The summed E-state index contributed by atoms with van der Waals surface area (Å²) in [6, 6.07) is 13.5. The molecule has 1 amide bonds. The Hall–Kier alpha value is -2.14. The molecule has 0 saturated heterocycles. The van der Waals surface area contributed by atoms with Crippen molar-refractivity contribution in [3.63, 3.8) is 0 Å². The summed E-state index contributed by atoms with van der Waals surface area (Å²) in [7, 11) is 0. The fourth-order valence-corrected chi connectivity index (χ4v) is 2.74. The maximum absolute atomic E-state index is 13.2. The Kier molecular flexibility index (Phi) is 3.98. The Balaban J connectivity index is 1.80. The Morgan fingerprint density at radius 2 is 2.05 bits per heavy atom. The van der Waals surface area contributed by atoms with Gasteiger partial charge in [-0.1, -0.05) is 28.1 Å². The van der Waals surface area contributed by atoms with Gasteiger partial charge in [0.05, 0.1) is 6.04 Å². The second kappa shape index (κ2) is 5.93. The summed E-state index contributed by atoms with van der Waals surface area (Å²) >= 11 is 3.41. The molecule has 0 radical (unpaired) electrons. The summed E-state index contributed by atoms with van der Waals surface area (Å²) in [6.45, 7) is 1.83. The summed E-state index contributed by atoms with van der Waals surface area (Å²) in [6.07, 6.45) is 0. The van der Waals surface area contributed by atoms with E-state index in [2.05, 4.69) is 26.2 Å². The van der Waals surface area contributed by atoms with Crippen molar-refractivity contribution < 1.29 is 9.18 Å². The highest BCUT2D eigenvalue weighted by molar-refractivity contribution is 9.10. The third-order valence-corrected chi connectivity index (χ3v) is 4.02. The van der Waals surface area contributed by atoms with Crippen LogP contribution in [0.4, 0.5) is 4.39 Å². The van der Waals surface area contributed by atoms with Crippen LogP contribution in [0.25, 0.3) is 10.9 Å². The lowest BCUT2D eigenvalue weighted by Gasteiger charge is -2.13. The number of amides is 1. The number of hydrogen-bond acceptors (Lipinski definition) is 1. The van der Waals surface area contributed by atoms with Crippen LogP contribution >= 0.6 is 15.9 Å². The number of hydrogen-bond donors (Lipinski definition) is 2. The zero-order valence-corrected chi connectivity index (χ0v) is 13.4. The van der Waals surface area contributed by atoms with Gasteiger partial charge in [0, 0.05) is 15.4 Å². The molecule has 0 aliphatic rings. The van der Waals surface area contributed by atoms with E-state index in [0.717, 1.165) is 20.9 Å². The Labute approximate surface area is 135 Å². The highest BCUT2D eigenvalue weighted by Crippen LogP contribution is 2.21. The quantitative estimate of drug-likeness (QED) is 0.706. The van der Waals surface area contributed by atoms with Gasteiger partial charge in [-0.15, -0.1) is 0 Å². The number of halogens is 2. The first kappa shape index (κ1) is 14.8. The van der Waals surface area contributed by atoms with Gasteiger partial charge in [0.25, 0.3) is 5.91 Å². The molecule has 2 aromatic carbocycles. The molecular weight excluding hydrogens is 347 g/mol. The van der Waals surface area contributed by atoms with Gasteiger partial charge in [-0.2, -0.15) is 0 Å². The van der Waals surface area contributed by atoms with Gasteiger partial charge in [0.2, 0.25) is 0 Å². The van der Waals surface area contributed by atoms with E-state index in [-0.39, 0.29) is 17.8 Å². The largest absolute Gasteiger partial charge is 0.351 e. The molecule has 0 bridgehead atoms. The molecule has 1 heterocycles. The lowest BCUT2D eigenvalue weighted by Crippen LogP contribution is -2.26. The Bertz CT molecular complexity index is 844. The van der Waals surface area contributed by atoms with E-state index in [9.17, 15) is 9.18 Å². The van der Waals surface area contributed by atoms with E-state index in [1.807, 2.05) is 25.1 Å². The van der Waals surface area contributed by atoms with Crippen LogP contribution in [0.15, 0.2) is 53.0 Å². The smallest absolute Gasteiger partial charge is 0.268 e. The fraction of sp³-hybridized carbons (Fsp3) is 0.118. The zero-order chi connectivity index (χ0) is 15.7. The van der Waals surface area contributed by atoms with Crippen LogP contribution in [0.1, 0.15) is 29.0 Å². The molecule has 1 atom stereocenters. The van der Waals surface area contributed by atoms with Crippen LogP contribution in [-0.4, -0.2) is 10.9 Å². The van der Waals surface area contributed by atoms with Crippen LogP contribution in [0.5, 0.6) is 0 Å². The van der Waals surface area contributed by atoms with Crippen molar-refractivity contribution in [1.29, 1.82) is 0 Å². The molecule has 112 valence electrons. The minimum Gasteiger partial charge on any atom is -0.351 e. The second-order valence-electron chi connectivity index (χ2n) is 5.16. The second-order valence-corrected chi connectivity index (χ2v) is 6.08. The lowest BCUT2D eigenvalue weighted by molar-refractivity contribution is 0.0935. The summed E-state index contributed by atoms with van der Waals surface area (Å²) in [5.74, 6) is -0.529. The minimum absolute atomic E-state index is 0.218. The normalized spacial score (nSPS) is 12.3. The van der Waals surface area contributed by atoms with Crippen LogP contribution < -0.4 is 5.32 Å². The highest BCUT2D eigenvalue weighted by atomic mass is 79.9. The summed E-state index contributed by atoms with van der Waals surface area (Å²) in [4.78, 5) is 15.4. The van der Waals surface area contributed by atoms with Crippen LogP contribution in [0.2, 0.25) is 0 Å². The van der Waals surface area contributed by atoms with Crippen molar-refractivity contribution in [3.05, 3.63) is 70.1 Å². The number of carbonyl (C=O) groups is 1. The van der Waals surface area contributed by atoms with Crippen molar-refractivity contribution in [3.8, 4) is 0 Å². The monoisotopic (exact) mass is 360 g/mol. The zero-order valence-electron chi connectivity index (χ0n) is 11.9. The van der Waals surface area contributed by atoms with Gasteiger partial charge in [-0.3, -0.25) is 4.79 Å². The van der Waals surface area contributed by atoms with E-state index >= 15 is 0 Å². The number of benzene rings is 2. The van der Waals surface area contributed by atoms with E-state index < -0.39 is 0 Å². The van der Waals surface area contributed by atoms with Gasteiger partial charge in [-0.25, -0.2) is 4.39 Å². The summed E-state index contributed by atoms with van der Waals surface area (Å²) in [5, 5.41) is 3.82. The molecule has 1 aromatic heterocycles. The molecule has 0 saturated carbocycles. The van der Waals surface area contributed by atoms with Crippen molar-refractivity contribution in [2.75, 3.05) is 0 Å². The first-order valence-electron chi connectivity index (χ1n) is 6.87. The van der Waals surface area contributed by atoms with Crippen molar-refractivity contribution in [2.45, 2.75) is 13.0 Å². The van der Waals surface area contributed by atoms with Crippen molar-refractivity contribution in [1.82, 2.24) is 10.3 Å². The maximum Gasteiger partial charge on any atom is 0.268 e. The number of carbonyl (C=O) groups excluding carboxylic acids is 1. The van der Waals surface area contributed by atoms with E-state index in [1.165, 1.54) is 12.1 Å². The Morgan fingerprint density at radius 1 is 1.23 bits per heavy atom. The number of aromatic nitrogens is 1. The van der Waals surface area contributed by atoms with E-state index in [0.29, 0.717) is 5.69 Å². The van der Waals surface area contributed by atoms with E-state index in [4.69, 9.17) is 0 Å². The average Bonchev–Trinajstić information content (AvgIpc) is 2.90. The van der Waals surface area contributed by atoms with E-state index in [1.54, 1.807) is 18.2 Å². The van der Waals surface area contributed by atoms with Gasteiger partial charge in [-0.05, 0) is 48.9 Å².